The maximum absolute atomic E-state index is 13.5. The Labute approximate surface area is 120 Å². The molecule has 0 fully saturated rings. The van der Waals surface area contributed by atoms with E-state index in [1.165, 1.54) is 29.2 Å². The van der Waals surface area contributed by atoms with Gasteiger partial charge in [0.2, 0.25) is 5.91 Å². The summed E-state index contributed by atoms with van der Waals surface area (Å²) in [5.41, 5.74) is 0.203. The number of amides is 1. The highest BCUT2D eigenvalue weighted by atomic mass is 35.5. The van der Waals surface area contributed by atoms with Gasteiger partial charge in [-0.15, -0.1) is 0 Å². The Kier molecular flexibility index (Phi) is 4.53. The lowest BCUT2D eigenvalue weighted by atomic mass is 10.2. The maximum Gasteiger partial charge on any atom is 0.246 e. The van der Waals surface area contributed by atoms with E-state index in [4.69, 9.17) is 11.6 Å². The van der Waals surface area contributed by atoms with E-state index in [2.05, 4.69) is 9.97 Å². The number of aromatic nitrogens is 2. The van der Waals surface area contributed by atoms with Crippen LogP contribution in [0.15, 0.2) is 36.7 Å². The van der Waals surface area contributed by atoms with Gasteiger partial charge in [0.15, 0.2) is 0 Å². The van der Waals surface area contributed by atoms with Gasteiger partial charge in [-0.05, 0) is 18.2 Å². The van der Waals surface area contributed by atoms with Crippen molar-refractivity contribution in [3.05, 3.63) is 58.9 Å². The number of likely N-dealkylation sites (N-methyl/N-ethyl adjacent to an activating group) is 1. The minimum atomic E-state index is -0.463. The van der Waals surface area contributed by atoms with Crippen molar-refractivity contribution in [2.75, 3.05) is 7.05 Å². The molecule has 20 heavy (non-hydrogen) atoms. The van der Waals surface area contributed by atoms with Crippen molar-refractivity contribution in [3.8, 4) is 0 Å². The van der Waals surface area contributed by atoms with E-state index < -0.39 is 5.82 Å². The summed E-state index contributed by atoms with van der Waals surface area (Å²) in [5.74, 6) is -0.0471. The molecule has 0 aliphatic heterocycles. The highest BCUT2D eigenvalue weighted by Gasteiger charge is 2.08. The molecule has 0 radical (unpaired) electrons. The summed E-state index contributed by atoms with van der Waals surface area (Å²) in [4.78, 5) is 20.3. The predicted molar refractivity (Wildman–Crippen MR) is 75.5 cm³/mol. The Hall–Kier alpha value is -2.14. The zero-order chi connectivity index (χ0) is 14.5. The van der Waals surface area contributed by atoms with E-state index in [0.717, 1.165) is 0 Å². The van der Waals surface area contributed by atoms with Crippen molar-refractivity contribution in [2.45, 2.75) is 6.54 Å². The molecule has 104 valence electrons. The average molecular weight is 294 g/mol. The summed E-state index contributed by atoms with van der Waals surface area (Å²) in [5, 5.41) is 0.266. The van der Waals surface area contributed by atoms with Crippen LogP contribution >= 0.6 is 11.6 Å². The van der Waals surface area contributed by atoms with Crippen LogP contribution in [0, 0.1) is 5.82 Å². The minimum Gasteiger partial charge on any atom is -0.347 e. The van der Waals surface area contributed by atoms with E-state index in [1.807, 2.05) is 0 Å². The van der Waals surface area contributed by atoms with Crippen LogP contribution in [-0.4, -0.2) is 27.8 Å². The first kappa shape index (κ1) is 14.3. The second-order valence-electron chi connectivity index (χ2n) is 4.20. The van der Waals surface area contributed by atoms with Gasteiger partial charge in [-0.2, -0.15) is 0 Å². The Morgan fingerprint density at radius 1 is 1.55 bits per heavy atom. The van der Waals surface area contributed by atoms with Crippen LogP contribution in [0.1, 0.15) is 11.4 Å². The largest absolute Gasteiger partial charge is 0.347 e. The first-order valence-electron chi connectivity index (χ1n) is 5.93. The van der Waals surface area contributed by atoms with Crippen molar-refractivity contribution in [1.29, 1.82) is 0 Å². The summed E-state index contributed by atoms with van der Waals surface area (Å²) < 4.78 is 13.5. The minimum absolute atomic E-state index is 0.203. The number of nitrogens with one attached hydrogen (secondary N) is 1. The number of hydrogen-bond donors (Lipinski definition) is 1. The molecule has 0 aliphatic carbocycles. The van der Waals surface area contributed by atoms with Crippen molar-refractivity contribution in [3.63, 3.8) is 0 Å². The number of carbonyl (C=O) groups excluding carboxylic acids is 1. The van der Waals surface area contributed by atoms with Gasteiger partial charge in [0, 0.05) is 31.1 Å². The Morgan fingerprint density at radius 3 is 3.00 bits per heavy atom. The van der Waals surface area contributed by atoms with Crippen LogP contribution in [0.2, 0.25) is 5.02 Å². The van der Waals surface area contributed by atoms with E-state index >= 15 is 0 Å². The van der Waals surface area contributed by atoms with E-state index in [0.29, 0.717) is 12.4 Å². The lowest BCUT2D eigenvalue weighted by Crippen LogP contribution is -2.24. The highest BCUT2D eigenvalue weighted by molar-refractivity contribution is 6.32. The van der Waals surface area contributed by atoms with Crippen LogP contribution in [0.5, 0.6) is 0 Å². The summed E-state index contributed by atoms with van der Waals surface area (Å²) in [6.45, 7) is 0.348. The molecule has 0 saturated carbocycles. The highest BCUT2D eigenvalue weighted by Crippen LogP contribution is 2.20. The quantitative estimate of drug-likeness (QED) is 0.881. The van der Waals surface area contributed by atoms with E-state index in [9.17, 15) is 9.18 Å². The molecule has 2 aromatic rings. The molecule has 1 aromatic carbocycles. The molecule has 1 heterocycles. The van der Waals surface area contributed by atoms with Crippen molar-refractivity contribution >= 4 is 23.6 Å². The fourth-order valence-electron chi connectivity index (χ4n) is 1.64. The third-order valence-corrected chi connectivity index (χ3v) is 3.04. The van der Waals surface area contributed by atoms with Gasteiger partial charge in [-0.25, -0.2) is 9.37 Å². The topological polar surface area (TPSA) is 49.0 Å². The van der Waals surface area contributed by atoms with Crippen molar-refractivity contribution < 1.29 is 9.18 Å². The predicted octanol–water partition coefficient (Wildman–Crippen LogP) is 2.87. The maximum atomic E-state index is 13.5. The zero-order valence-corrected chi connectivity index (χ0v) is 11.6. The number of hydrogen-bond acceptors (Lipinski definition) is 2. The molecule has 6 heteroatoms. The number of carbonyl (C=O) groups is 1. The summed E-state index contributed by atoms with van der Waals surface area (Å²) in [7, 11) is 1.64. The molecule has 0 spiro atoms. The van der Waals surface area contributed by atoms with Crippen LogP contribution in [0.25, 0.3) is 6.08 Å². The Balaban J connectivity index is 2.05. The van der Waals surface area contributed by atoms with Gasteiger partial charge in [0.25, 0.3) is 0 Å². The number of aromatic amines is 1. The molecule has 1 aromatic heterocycles. The third kappa shape index (κ3) is 3.45. The summed E-state index contributed by atoms with van der Waals surface area (Å²) in [6.07, 6.45) is 5.96. The van der Waals surface area contributed by atoms with Crippen LogP contribution < -0.4 is 0 Å². The lowest BCUT2D eigenvalue weighted by Gasteiger charge is -2.13. The van der Waals surface area contributed by atoms with Crippen molar-refractivity contribution in [2.24, 2.45) is 0 Å². The third-order valence-electron chi connectivity index (χ3n) is 2.71. The van der Waals surface area contributed by atoms with E-state index in [-0.39, 0.29) is 16.5 Å². The molecule has 0 aliphatic rings. The molecule has 2 rings (SSSR count). The van der Waals surface area contributed by atoms with Gasteiger partial charge in [0.1, 0.15) is 11.6 Å². The van der Waals surface area contributed by atoms with Gasteiger partial charge in [0.05, 0.1) is 11.6 Å². The van der Waals surface area contributed by atoms with Gasteiger partial charge < -0.3 is 9.88 Å². The first-order valence-corrected chi connectivity index (χ1v) is 6.31. The number of imidazole rings is 1. The van der Waals surface area contributed by atoms with Gasteiger partial charge in [-0.3, -0.25) is 4.79 Å². The number of nitrogens with zero attached hydrogens (tertiary/aromatic N) is 2. The molecule has 1 amide bonds. The van der Waals surface area contributed by atoms with E-state index in [1.54, 1.807) is 25.5 Å². The fraction of sp³-hybridized carbons (Fsp3) is 0.143. The SMILES string of the molecule is CN(Cc1ncc[nH]1)C(=O)C=Cc1c(F)cccc1Cl. The number of halogens is 2. The second kappa shape index (κ2) is 6.34. The standard InChI is InChI=1S/C14H13ClFN3O/c1-19(9-13-17-7-8-18-13)14(20)6-5-10-11(15)3-2-4-12(10)16/h2-8H,9H2,1H3,(H,17,18). The molecule has 0 saturated heterocycles. The Morgan fingerprint density at radius 2 is 2.35 bits per heavy atom. The molecule has 0 bridgehead atoms. The zero-order valence-electron chi connectivity index (χ0n) is 10.8. The number of benzene rings is 1. The monoisotopic (exact) mass is 293 g/mol. The van der Waals surface area contributed by atoms with Crippen molar-refractivity contribution in [1.82, 2.24) is 14.9 Å². The first-order chi connectivity index (χ1) is 9.58. The number of rotatable bonds is 4. The van der Waals surface area contributed by atoms with Gasteiger partial charge >= 0.3 is 0 Å². The van der Waals surface area contributed by atoms with Crippen LogP contribution in [0.3, 0.4) is 0 Å². The smallest absolute Gasteiger partial charge is 0.246 e. The van der Waals surface area contributed by atoms with Gasteiger partial charge in [-0.1, -0.05) is 17.7 Å². The average Bonchev–Trinajstić information content (AvgIpc) is 2.90. The Bertz CT molecular complexity index is 605. The van der Waals surface area contributed by atoms with Crippen LogP contribution in [0.4, 0.5) is 4.39 Å². The molecule has 0 atom stereocenters. The molecule has 1 N–H and O–H groups in total. The lowest BCUT2D eigenvalue weighted by molar-refractivity contribution is -0.125. The summed E-state index contributed by atoms with van der Waals surface area (Å²) >= 11 is 5.88. The summed E-state index contributed by atoms with van der Waals surface area (Å²) in [6, 6.07) is 4.38. The molecule has 4 nitrogen and oxygen atoms in total. The van der Waals surface area contributed by atoms with Crippen LogP contribution in [-0.2, 0) is 11.3 Å². The molecule has 0 unspecified atom stereocenters. The normalized spacial score (nSPS) is 10.9. The molecular weight excluding hydrogens is 281 g/mol. The number of H-pyrrole nitrogens is 1. The fourth-order valence-corrected chi connectivity index (χ4v) is 1.86. The second-order valence-corrected chi connectivity index (χ2v) is 4.61. The molecular formula is C14H13ClFN3O.